The Morgan fingerprint density at radius 1 is 1.16 bits per heavy atom. The number of nitrogens with zero attached hydrogens (tertiary/aromatic N) is 1. The highest BCUT2D eigenvalue weighted by Gasteiger charge is 2.26. The lowest BCUT2D eigenvalue weighted by atomic mass is 10.0. The lowest BCUT2D eigenvalue weighted by Gasteiger charge is -2.30. The molecule has 0 spiro atoms. The van der Waals surface area contributed by atoms with Gasteiger partial charge in [0.2, 0.25) is 0 Å². The van der Waals surface area contributed by atoms with Crippen molar-refractivity contribution in [3.8, 4) is 5.75 Å². The molecule has 1 heterocycles. The second-order valence-electron chi connectivity index (χ2n) is 6.27. The molecule has 0 unspecified atom stereocenters. The van der Waals surface area contributed by atoms with E-state index in [1.54, 1.807) is 7.11 Å². The number of likely N-dealkylation sites (tertiary alicyclic amines) is 1. The predicted molar refractivity (Wildman–Crippen MR) is 101 cm³/mol. The Morgan fingerprint density at radius 2 is 1.96 bits per heavy atom. The molecule has 0 radical (unpaired) electrons. The molecule has 1 aliphatic heterocycles. The van der Waals surface area contributed by atoms with E-state index in [4.69, 9.17) is 16.3 Å². The first-order valence-electron chi connectivity index (χ1n) is 8.64. The van der Waals surface area contributed by atoms with Crippen LogP contribution >= 0.6 is 11.6 Å². The third kappa shape index (κ3) is 4.45. The molecule has 3 rings (SSSR count). The van der Waals surface area contributed by atoms with Gasteiger partial charge in [-0.3, -0.25) is 0 Å². The molecule has 2 aromatic carbocycles. The standard InChI is InChI=1S/C20H23ClN2O2/c1-25-18-7-5-6-17(14-18)22-20(24)23-13-4-2-3-8-19(23)15-9-11-16(21)12-10-15/h5-7,9-12,14,19H,2-4,8,13H2,1H3,(H,22,24)/t19-/m1/s1. The number of hydrogen-bond acceptors (Lipinski definition) is 2. The molecule has 0 bridgehead atoms. The number of carbonyl (C=O) groups excluding carboxylic acids is 1. The lowest BCUT2D eigenvalue weighted by molar-refractivity contribution is 0.189. The SMILES string of the molecule is COc1cccc(NC(=O)N2CCCCC[C@@H]2c2ccc(Cl)cc2)c1. The Bertz CT molecular complexity index is 718. The van der Waals surface area contributed by atoms with Gasteiger partial charge in [-0.15, -0.1) is 0 Å². The monoisotopic (exact) mass is 358 g/mol. The van der Waals surface area contributed by atoms with Gasteiger partial charge >= 0.3 is 6.03 Å². The van der Waals surface area contributed by atoms with Gasteiger partial charge in [-0.1, -0.05) is 42.6 Å². The maximum Gasteiger partial charge on any atom is 0.322 e. The van der Waals surface area contributed by atoms with E-state index in [9.17, 15) is 4.79 Å². The maximum atomic E-state index is 12.9. The summed E-state index contributed by atoms with van der Waals surface area (Å²) >= 11 is 6.01. The minimum atomic E-state index is -0.0740. The van der Waals surface area contributed by atoms with Crippen LogP contribution in [0.4, 0.5) is 10.5 Å². The van der Waals surface area contributed by atoms with Crippen molar-refractivity contribution in [2.75, 3.05) is 19.0 Å². The van der Waals surface area contributed by atoms with E-state index in [1.165, 1.54) is 0 Å². The van der Waals surface area contributed by atoms with Crippen molar-refractivity contribution >= 4 is 23.3 Å². The third-order valence-electron chi connectivity index (χ3n) is 4.59. The largest absolute Gasteiger partial charge is 0.497 e. The Morgan fingerprint density at radius 3 is 2.72 bits per heavy atom. The molecule has 1 fully saturated rings. The maximum absolute atomic E-state index is 12.9. The van der Waals surface area contributed by atoms with E-state index in [0.29, 0.717) is 5.02 Å². The van der Waals surface area contributed by atoms with Gasteiger partial charge in [-0.2, -0.15) is 0 Å². The number of nitrogens with one attached hydrogen (secondary N) is 1. The fraction of sp³-hybridized carbons (Fsp3) is 0.350. The first kappa shape index (κ1) is 17.6. The molecule has 5 heteroatoms. The number of benzene rings is 2. The van der Waals surface area contributed by atoms with E-state index in [-0.39, 0.29) is 12.1 Å². The fourth-order valence-electron chi connectivity index (χ4n) is 3.28. The first-order chi connectivity index (χ1) is 12.2. The molecule has 25 heavy (non-hydrogen) atoms. The van der Waals surface area contributed by atoms with Gasteiger partial charge in [0.25, 0.3) is 0 Å². The predicted octanol–water partition coefficient (Wildman–Crippen LogP) is 5.50. The summed E-state index contributed by atoms with van der Waals surface area (Å²) in [6.45, 7) is 0.753. The van der Waals surface area contributed by atoms with Crippen LogP contribution in [0.1, 0.15) is 37.3 Å². The second-order valence-corrected chi connectivity index (χ2v) is 6.71. The topological polar surface area (TPSA) is 41.6 Å². The van der Waals surface area contributed by atoms with Gasteiger partial charge in [0.1, 0.15) is 5.75 Å². The summed E-state index contributed by atoms with van der Waals surface area (Å²) in [5.41, 5.74) is 1.87. The molecule has 1 atom stereocenters. The molecule has 1 aliphatic rings. The van der Waals surface area contributed by atoms with Crippen LogP contribution in [0.3, 0.4) is 0 Å². The van der Waals surface area contributed by atoms with E-state index >= 15 is 0 Å². The van der Waals surface area contributed by atoms with Crippen LogP contribution in [0, 0.1) is 0 Å². The minimum Gasteiger partial charge on any atom is -0.497 e. The Balaban J connectivity index is 1.80. The Hall–Kier alpha value is -2.20. The van der Waals surface area contributed by atoms with Gasteiger partial charge in [0, 0.05) is 23.3 Å². The molecule has 0 aliphatic carbocycles. The van der Waals surface area contributed by atoms with Crippen molar-refractivity contribution in [2.24, 2.45) is 0 Å². The quantitative estimate of drug-likeness (QED) is 0.787. The lowest BCUT2D eigenvalue weighted by Crippen LogP contribution is -2.38. The molecule has 4 nitrogen and oxygen atoms in total. The summed E-state index contributed by atoms with van der Waals surface area (Å²) in [5.74, 6) is 0.725. The highest BCUT2D eigenvalue weighted by atomic mass is 35.5. The van der Waals surface area contributed by atoms with Gasteiger partial charge in [-0.05, 0) is 42.7 Å². The summed E-state index contributed by atoms with van der Waals surface area (Å²) in [6, 6.07) is 15.2. The number of hydrogen-bond donors (Lipinski definition) is 1. The third-order valence-corrected chi connectivity index (χ3v) is 4.84. The van der Waals surface area contributed by atoms with Crippen LogP contribution in [-0.4, -0.2) is 24.6 Å². The molecule has 1 N–H and O–H groups in total. The van der Waals surface area contributed by atoms with Crippen LogP contribution in [-0.2, 0) is 0 Å². The highest BCUT2D eigenvalue weighted by molar-refractivity contribution is 6.30. The van der Waals surface area contributed by atoms with Crippen molar-refractivity contribution in [2.45, 2.75) is 31.7 Å². The van der Waals surface area contributed by atoms with Crippen molar-refractivity contribution < 1.29 is 9.53 Å². The van der Waals surface area contributed by atoms with Crippen molar-refractivity contribution in [3.63, 3.8) is 0 Å². The van der Waals surface area contributed by atoms with Crippen LogP contribution in [0.15, 0.2) is 48.5 Å². The number of rotatable bonds is 3. The van der Waals surface area contributed by atoms with Crippen LogP contribution in [0.25, 0.3) is 0 Å². The second kappa shape index (κ2) is 8.26. The van der Waals surface area contributed by atoms with Crippen LogP contribution < -0.4 is 10.1 Å². The first-order valence-corrected chi connectivity index (χ1v) is 9.02. The molecule has 2 aromatic rings. The fourth-order valence-corrected chi connectivity index (χ4v) is 3.41. The molecular weight excluding hydrogens is 336 g/mol. The zero-order chi connectivity index (χ0) is 17.6. The Labute approximate surface area is 153 Å². The number of anilines is 1. The van der Waals surface area contributed by atoms with E-state index in [2.05, 4.69) is 5.32 Å². The zero-order valence-electron chi connectivity index (χ0n) is 14.4. The average molecular weight is 359 g/mol. The summed E-state index contributed by atoms with van der Waals surface area (Å²) in [7, 11) is 1.62. The van der Waals surface area contributed by atoms with E-state index < -0.39 is 0 Å². The number of methoxy groups -OCH3 is 1. The number of halogens is 1. The normalized spacial score (nSPS) is 17.7. The molecule has 0 saturated carbocycles. The van der Waals surface area contributed by atoms with Crippen molar-refractivity contribution in [1.82, 2.24) is 4.90 Å². The van der Waals surface area contributed by atoms with Gasteiger partial charge in [-0.25, -0.2) is 4.79 Å². The summed E-state index contributed by atoms with van der Waals surface area (Å²) in [6.07, 6.45) is 4.26. The van der Waals surface area contributed by atoms with Crippen LogP contribution in [0.5, 0.6) is 5.75 Å². The molecule has 0 aromatic heterocycles. The molecule has 1 saturated heterocycles. The van der Waals surface area contributed by atoms with Crippen LogP contribution in [0.2, 0.25) is 5.02 Å². The molecule has 132 valence electrons. The molecule has 2 amide bonds. The average Bonchev–Trinajstić information content (AvgIpc) is 2.88. The number of urea groups is 1. The van der Waals surface area contributed by atoms with Gasteiger partial charge in [0.05, 0.1) is 13.2 Å². The summed E-state index contributed by atoms with van der Waals surface area (Å²) in [4.78, 5) is 14.9. The van der Waals surface area contributed by atoms with Crippen molar-refractivity contribution in [3.05, 3.63) is 59.1 Å². The van der Waals surface area contributed by atoms with Gasteiger partial charge < -0.3 is 15.0 Å². The van der Waals surface area contributed by atoms with Crippen molar-refractivity contribution in [1.29, 1.82) is 0 Å². The smallest absolute Gasteiger partial charge is 0.322 e. The number of amides is 2. The number of carbonyl (C=O) groups is 1. The zero-order valence-corrected chi connectivity index (χ0v) is 15.1. The van der Waals surface area contributed by atoms with E-state index in [0.717, 1.165) is 49.2 Å². The summed E-state index contributed by atoms with van der Waals surface area (Å²) < 4.78 is 5.23. The molecular formula is C20H23ClN2O2. The highest BCUT2D eigenvalue weighted by Crippen LogP contribution is 2.31. The number of ether oxygens (including phenoxy) is 1. The minimum absolute atomic E-state index is 0.0740. The Kier molecular flexibility index (Phi) is 5.82. The van der Waals surface area contributed by atoms with E-state index in [1.807, 2.05) is 53.4 Å². The summed E-state index contributed by atoms with van der Waals surface area (Å²) in [5, 5.41) is 3.72. The van der Waals surface area contributed by atoms with Gasteiger partial charge in [0.15, 0.2) is 0 Å².